The van der Waals surface area contributed by atoms with Gasteiger partial charge >= 0.3 is 0 Å². The summed E-state index contributed by atoms with van der Waals surface area (Å²) in [5, 5.41) is 12.5. The van der Waals surface area contributed by atoms with Gasteiger partial charge in [-0.1, -0.05) is 12.1 Å². The highest BCUT2D eigenvalue weighted by Crippen LogP contribution is 2.22. The first-order valence-electron chi connectivity index (χ1n) is 7.95. The summed E-state index contributed by atoms with van der Waals surface area (Å²) in [6, 6.07) is 11.4. The zero-order chi connectivity index (χ0) is 15.1. The van der Waals surface area contributed by atoms with Crippen molar-refractivity contribution in [1.29, 1.82) is 5.26 Å². The lowest BCUT2D eigenvalue weighted by Gasteiger charge is -2.14. The summed E-state index contributed by atoms with van der Waals surface area (Å²) >= 11 is 0. The van der Waals surface area contributed by atoms with Gasteiger partial charge in [-0.25, -0.2) is 0 Å². The first-order valence-corrected chi connectivity index (χ1v) is 7.95. The Morgan fingerprint density at radius 2 is 1.95 bits per heavy atom. The number of nitriles is 1. The maximum Gasteiger partial charge on any atom is 0.119 e. The second kappa shape index (κ2) is 7.47. The van der Waals surface area contributed by atoms with Crippen molar-refractivity contribution >= 4 is 0 Å². The van der Waals surface area contributed by atoms with Crippen molar-refractivity contribution in [3.63, 3.8) is 0 Å². The van der Waals surface area contributed by atoms with Crippen LogP contribution in [0.25, 0.3) is 0 Å². The van der Waals surface area contributed by atoms with Gasteiger partial charge in [-0.05, 0) is 63.6 Å². The van der Waals surface area contributed by atoms with Gasteiger partial charge in [0.15, 0.2) is 0 Å². The van der Waals surface area contributed by atoms with Crippen LogP contribution in [0.1, 0.15) is 51.5 Å². The van der Waals surface area contributed by atoms with Gasteiger partial charge in [0.25, 0.3) is 0 Å². The van der Waals surface area contributed by atoms with Crippen LogP contribution in [0.4, 0.5) is 0 Å². The highest BCUT2D eigenvalue weighted by Gasteiger charge is 2.19. The predicted molar refractivity (Wildman–Crippen MR) is 85.0 cm³/mol. The number of ether oxygens (including phenoxy) is 1. The summed E-state index contributed by atoms with van der Waals surface area (Å²) in [6.07, 6.45) is 5.60. The molecule has 0 amide bonds. The third-order valence-corrected chi connectivity index (χ3v) is 3.86. The molecule has 0 spiro atoms. The number of hydrogen-bond donors (Lipinski definition) is 1. The fourth-order valence-electron chi connectivity index (χ4n) is 2.17. The summed E-state index contributed by atoms with van der Waals surface area (Å²) in [4.78, 5) is 0. The van der Waals surface area contributed by atoms with E-state index >= 15 is 0 Å². The molecule has 0 unspecified atom stereocenters. The van der Waals surface area contributed by atoms with E-state index in [1.807, 2.05) is 26.0 Å². The average molecular weight is 286 g/mol. The molecular weight excluding hydrogens is 260 g/mol. The van der Waals surface area contributed by atoms with Gasteiger partial charge in [0.05, 0.1) is 18.1 Å². The molecule has 1 fully saturated rings. The molecule has 0 saturated heterocycles. The molecule has 21 heavy (non-hydrogen) atoms. The molecule has 1 aliphatic carbocycles. The Kier molecular flexibility index (Phi) is 5.64. The Bertz CT molecular complexity index is 469. The van der Waals surface area contributed by atoms with E-state index in [2.05, 4.69) is 23.5 Å². The molecule has 1 saturated carbocycles. The minimum Gasteiger partial charge on any atom is -0.494 e. The van der Waals surface area contributed by atoms with Gasteiger partial charge in [-0.2, -0.15) is 5.26 Å². The van der Waals surface area contributed by atoms with Gasteiger partial charge in [-0.15, -0.1) is 0 Å². The second-order valence-corrected chi connectivity index (χ2v) is 6.60. The molecule has 0 aliphatic heterocycles. The third-order valence-electron chi connectivity index (χ3n) is 3.86. The summed E-state index contributed by atoms with van der Waals surface area (Å²) in [5.41, 5.74) is 1.10. The van der Waals surface area contributed by atoms with Gasteiger partial charge < -0.3 is 10.1 Å². The Balaban J connectivity index is 1.61. The summed E-state index contributed by atoms with van der Waals surface area (Å²) in [6.45, 7) is 5.65. The summed E-state index contributed by atoms with van der Waals surface area (Å²) in [5.74, 6) is 0.935. The molecule has 3 heteroatoms. The number of benzene rings is 1. The molecule has 0 radical (unpaired) electrons. The van der Waals surface area contributed by atoms with E-state index in [1.165, 1.54) is 18.4 Å². The topological polar surface area (TPSA) is 45.0 Å². The van der Waals surface area contributed by atoms with Gasteiger partial charge in [0.1, 0.15) is 5.75 Å². The van der Waals surface area contributed by atoms with Crippen LogP contribution in [0.3, 0.4) is 0 Å². The Morgan fingerprint density at radius 1 is 1.24 bits per heavy atom. The van der Waals surface area contributed by atoms with E-state index in [4.69, 9.17) is 10.00 Å². The van der Waals surface area contributed by atoms with Crippen LogP contribution in [0.5, 0.6) is 5.75 Å². The molecule has 2 rings (SSSR count). The van der Waals surface area contributed by atoms with Crippen LogP contribution >= 0.6 is 0 Å². The maximum absolute atomic E-state index is 8.95. The molecule has 0 atom stereocenters. The van der Waals surface area contributed by atoms with E-state index in [9.17, 15) is 0 Å². The highest BCUT2D eigenvalue weighted by atomic mass is 16.5. The van der Waals surface area contributed by atoms with Crippen molar-refractivity contribution in [3.8, 4) is 11.8 Å². The van der Waals surface area contributed by atoms with Crippen molar-refractivity contribution < 1.29 is 4.74 Å². The van der Waals surface area contributed by atoms with Gasteiger partial charge in [0.2, 0.25) is 0 Å². The van der Waals surface area contributed by atoms with Crippen LogP contribution < -0.4 is 10.1 Å². The van der Waals surface area contributed by atoms with Crippen molar-refractivity contribution in [2.75, 3.05) is 6.61 Å². The normalized spacial score (nSPS) is 14.7. The molecule has 1 aliphatic rings. The molecule has 0 aromatic heterocycles. The Labute approximate surface area is 128 Å². The fourth-order valence-corrected chi connectivity index (χ4v) is 2.17. The van der Waals surface area contributed by atoms with Crippen LogP contribution in [0.15, 0.2) is 24.3 Å². The lowest BCUT2D eigenvalue weighted by Crippen LogP contribution is -2.15. The summed E-state index contributed by atoms with van der Waals surface area (Å²) < 4.78 is 5.74. The minimum absolute atomic E-state index is 0.212. The van der Waals surface area contributed by atoms with Crippen LogP contribution in [-0.2, 0) is 6.54 Å². The van der Waals surface area contributed by atoms with Crippen molar-refractivity contribution in [1.82, 2.24) is 5.32 Å². The monoisotopic (exact) mass is 286 g/mol. The van der Waals surface area contributed by atoms with Crippen molar-refractivity contribution in [2.45, 2.75) is 58.5 Å². The van der Waals surface area contributed by atoms with Gasteiger partial charge in [0, 0.05) is 12.6 Å². The van der Waals surface area contributed by atoms with E-state index < -0.39 is 0 Å². The van der Waals surface area contributed by atoms with E-state index in [0.717, 1.165) is 44.2 Å². The molecule has 0 heterocycles. The third kappa shape index (κ3) is 6.18. The van der Waals surface area contributed by atoms with Gasteiger partial charge in [-0.3, -0.25) is 0 Å². The lowest BCUT2D eigenvalue weighted by molar-refractivity contribution is 0.295. The number of nitrogens with one attached hydrogen (secondary N) is 1. The molecule has 1 aromatic rings. The average Bonchev–Trinajstić information content (AvgIpc) is 3.30. The molecule has 1 N–H and O–H groups in total. The number of hydrogen-bond acceptors (Lipinski definition) is 3. The number of nitrogens with zero attached hydrogens (tertiary/aromatic N) is 1. The van der Waals surface area contributed by atoms with E-state index in [1.54, 1.807) is 0 Å². The van der Waals surface area contributed by atoms with Crippen molar-refractivity contribution in [2.24, 2.45) is 5.41 Å². The fraction of sp³-hybridized carbons (Fsp3) is 0.611. The van der Waals surface area contributed by atoms with Crippen LogP contribution in [0.2, 0.25) is 0 Å². The molecular formula is C18H26N2O. The predicted octanol–water partition coefficient (Wildman–Crippen LogP) is 4.04. The van der Waals surface area contributed by atoms with E-state index in [-0.39, 0.29) is 5.41 Å². The first-order chi connectivity index (χ1) is 10.1. The second-order valence-electron chi connectivity index (χ2n) is 6.60. The minimum atomic E-state index is -0.212. The molecule has 1 aromatic carbocycles. The Hall–Kier alpha value is -1.53. The zero-order valence-corrected chi connectivity index (χ0v) is 13.2. The molecule has 0 bridgehead atoms. The zero-order valence-electron chi connectivity index (χ0n) is 13.2. The lowest BCUT2D eigenvalue weighted by atomic mass is 9.89. The largest absolute Gasteiger partial charge is 0.494 e. The number of rotatable bonds is 9. The van der Waals surface area contributed by atoms with Crippen LogP contribution in [0, 0.1) is 16.7 Å². The molecule has 114 valence electrons. The summed E-state index contributed by atoms with van der Waals surface area (Å²) in [7, 11) is 0. The molecule has 3 nitrogen and oxygen atoms in total. The van der Waals surface area contributed by atoms with E-state index in [0.29, 0.717) is 0 Å². The SMILES string of the molecule is CC(C)(C#N)CCCCOc1ccc(CNC2CC2)cc1. The first kappa shape index (κ1) is 15.9. The van der Waals surface area contributed by atoms with Crippen molar-refractivity contribution in [3.05, 3.63) is 29.8 Å². The Morgan fingerprint density at radius 3 is 2.57 bits per heavy atom. The maximum atomic E-state index is 8.95. The quantitative estimate of drug-likeness (QED) is 0.697. The smallest absolute Gasteiger partial charge is 0.119 e. The number of unbranched alkanes of at least 4 members (excludes halogenated alkanes) is 1. The van der Waals surface area contributed by atoms with Crippen LogP contribution in [-0.4, -0.2) is 12.6 Å². The standard InChI is InChI=1S/C18H26N2O/c1-18(2,14-19)11-3-4-12-21-17-9-5-15(6-10-17)13-20-16-7-8-16/h5-6,9-10,16,20H,3-4,7-8,11-13H2,1-2H3. The highest BCUT2D eigenvalue weighted by molar-refractivity contribution is 5.27.